The summed E-state index contributed by atoms with van der Waals surface area (Å²) in [7, 11) is 0. The molecule has 0 radical (unpaired) electrons. The monoisotopic (exact) mass is 324 g/mol. The Hall–Kier alpha value is -2.51. The van der Waals surface area contributed by atoms with Crippen molar-refractivity contribution in [2.75, 3.05) is 6.26 Å². The van der Waals surface area contributed by atoms with E-state index in [4.69, 9.17) is 0 Å². The van der Waals surface area contributed by atoms with Gasteiger partial charge in [0, 0.05) is 4.90 Å². The molecule has 5 aromatic rings. The van der Waals surface area contributed by atoms with Crippen LogP contribution in [0.25, 0.3) is 43.1 Å². The molecular weight excluding hydrogens is 308 g/mol. The lowest BCUT2D eigenvalue weighted by Crippen LogP contribution is -1.86. The first-order chi connectivity index (χ1) is 11.9. The maximum atomic E-state index is 2.34. The van der Waals surface area contributed by atoms with Crippen molar-refractivity contribution in [1.29, 1.82) is 0 Å². The van der Waals surface area contributed by atoms with Gasteiger partial charge in [-0.2, -0.15) is 0 Å². The average Bonchev–Trinajstić information content (AvgIpc) is 2.66. The maximum absolute atomic E-state index is 2.34. The summed E-state index contributed by atoms with van der Waals surface area (Å²) in [6.45, 7) is 0. The van der Waals surface area contributed by atoms with Gasteiger partial charge in [0.05, 0.1) is 0 Å². The third kappa shape index (κ3) is 1.88. The van der Waals surface area contributed by atoms with Crippen LogP contribution >= 0.6 is 11.8 Å². The van der Waals surface area contributed by atoms with Gasteiger partial charge in [0.2, 0.25) is 0 Å². The first-order valence-corrected chi connectivity index (χ1v) is 9.39. The van der Waals surface area contributed by atoms with Crippen molar-refractivity contribution in [2.45, 2.75) is 4.90 Å². The largest absolute Gasteiger partial charge is 0.129 e. The molecule has 0 nitrogen and oxygen atoms in total. The highest BCUT2D eigenvalue weighted by Crippen LogP contribution is 2.40. The van der Waals surface area contributed by atoms with E-state index < -0.39 is 0 Å². The number of hydrogen-bond donors (Lipinski definition) is 0. The van der Waals surface area contributed by atoms with Crippen molar-refractivity contribution in [2.24, 2.45) is 0 Å². The standard InChI is InChI=1S/C23H16S/c1-24-21-14-17-11-10-15-6-2-4-8-18(15)22(17)23-19-9-5-3-7-16(19)12-13-20(21)23/h2-14H,1H3. The molecule has 0 aliphatic rings. The van der Waals surface area contributed by atoms with Gasteiger partial charge >= 0.3 is 0 Å². The van der Waals surface area contributed by atoms with Gasteiger partial charge in [0.25, 0.3) is 0 Å². The molecule has 0 bridgehead atoms. The van der Waals surface area contributed by atoms with Crippen LogP contribution in [0.2, 0.25) is 0 Å². The smallest absolute Gasteiger partial charge is 0.0154 e. The van der Waals surface area contributed by atoms with Crippen LogP contribution in [-0.4, -0.2) is 6.26 Å². The molecule has 5 rings (SSSR count). The SMILES string of the molecule is CSc1cc2ccc3ccccc3c2c2c1ccc1ccccc12. The number of rotatable bonds is 1. The summed E-state index contributed by atoms with van der Waals surface area (Å²) in [5.41, 5.74) is 0. The quantitative estimate of drug-likeness (QED) is 0.236. The highest BCUT2D eigenvalue weighted by molar-refractivity contribution is 7.98. The van der Waals surface area contributed by atoms with E-state index in [9.17, 15) is 0 Å². The van der Waals surface area contributed by atoms with E-state index in [1.165, 1.54) is 48.0 Å². The molecule has 5 aromatic carbocycles. The third-order valence-corrected chi connectivity index (χ3v) is 5.69. The predicted octanol–water partition coefficient (Wildman–Crippen LogP) is 7.02. The zero-order valence-electron chi connectivity index (χ0n) is 13.4. The summed E-state index contributed by atoms with van der Waals surface area (Å²) < 4.78 is 0. The molecule has 0 atom stereocenters. The minimum absolute atomic E-state index is 1.30. The topological polar surface area (TPSA) is 0 Å². The Morgan fingerprint density at radius 1 is 0.542 bits per heavy atom. The molecule has 0 saturated heterocycles. The van der Waals surface area contributed by atoms with Crippen LogP contribution in [0.5, 0.6) is 0 Å². The summed E-state index contributed by atoms with van der Waals surface area (Å²) in [6, 6.07) is 28.8. The molecule has 0 N–H and O–H groups in total. The fourth-order valence-electron chi connectivity index (χ4n) is 3.82. The summed E-state index contributed by atoms with van der Waals surface area (Å²) in [4.78, 5) is 1.35. The van der Waals surface area contributed by atoms with Gasteiger partial charge in [0.1, 0.15) is 0 Å². The normalized spacial score (nSPS) is 11.7. The molecule has 0 saturated carbocycles. The molecule has 0 aliphatic carbocycles. The van der Waals surface area contributed by atoms with Crippen LogP contribution in [0, 0.1) is 0 Å². The van der Waals surface area contributed by atoms with Crippen LogP contribution in [-0.2, 0) is 0 Å². The van der Waals surface area contributed by atoms with E-state index in [1.807, 2.05) is 11.8 Å². The van der Waals surface area contributed by atoms with E-state index in [2.05, 4.69) is 85.1 Å². The molecule has 0 heterocycles. The maximum Gasteiger partial charge on any atom is 0.0154 e. The van der Waals surface area contributed by atoms with Gasteiger partial charge in [-0.25, -0.2) is 0 Å². The fraction of sp³-hybridized carbons (Fsp3) is 0.0435. The molecule has 24 heavy (non-hydrogen) atoms. The first-order valence-electron chi connectivity index (χ1n) is 8.17. The van der Waals surface area contributed by atoms with Crippen molar-refractivity contribution >= 4 is 54.9 Å². The number of fused-ring (bicyclic) bond motifs is 7. The molecule has 0 amide bonds. The molecular formula is C23H16S. The number of hydrogen-bond acceptors (Lipinski definition) is 1. The first kappa shape index (κ1) is 13.9. The van der Waals surface area contributed by atoms with E-state index >= 15 is 0 Å². The van der Waals surface area contributed by atoms with Crippen LogP contribution < -0.4 is 0 Å². The Bertz CT molecular complexity index is 1230. The molecule has 0 aromatic heterocycles. The zero-order valence-corrected chi connectivity index (χ0v) is 14.2. The highest BCUT2D eigenvalue weighted by Gasteiger charge is 2.11. The van der Waals surface area contributed by atoms with Gasteiger partial charge in [-0.1, -0.05) is 72.8 Å². The Balaban J connectivity index is 2.18. The van der Waals surface area contributed by atoms with Crippen LogP contribution in [0.3, 0.4) is 0 Å². The van der Waals surface area contributed by atoms with E-state index in [0.717, 1.165) is 0 Å². The van der Waals surface area contributed by atoms with Crippen molar-refractivity contribution < 1.29 is 0 Å². The minimum Gasteiger partial charge on any atom is -0.129 e. The second kappa shape index (κ2) is 5.25. The van der Waals surface area contributed by atoms with Crippen molar-refractivity contribution in [3.63, 3.8) is 0 Å². The Morgan fingerprint density at radius 2 is 1.12 bits per heavy atom. The van der Waals surface area contributed by atoms with E-state index in [-0.39, 0.29) is 0 Å². The van der Waals surface area contributed by atoms with Crippen molar-refractivity contribution in [3.05, 3.63) is 78.9 Å². The van der Waals surface area contributed by atoms with E-state index in [0.29, 0.717) is 0 Å². The van der Waals surface area contributed by atoms with Crippen molar-refractivity contribution in [1.82, 2.24) is 0 Å². The van der Waals surface area contributed by atoms with Gasteiger partial charge in [-0.15, -0.1) is 11.8 Å². The number of thioether (sulfide) groups is 1. The van der Waals surface area contributed by atoms with Crippen LogP contribution in [0.4, 0.5) is 0 Å². The third-order valence-electron chi connectivity index (χ3n) is 4.91. The number of benzene rings is 5. The zero-order chi connectivity index (χ0) is 16.1. The second-order valence-electron chi connectivity index (χ2n) is 6.17. The second-order valence-corrected chi connectivity index (χ2v) is 7.02. The predicted molar refractivity (Wildman–Crippen MR) is 108 cm³/mol. The Kier molecular flexibility index (Phi) is 3.04. The van der Waals surface area contributed by atoms with Gasteiger partial charge < -0.3 is 0 Å². The molecule has 0 fully saturated rings. The van der Waals surface area contributed by atoms with Gasteiger partial charge in [-0.05, 0) is 55.4 Å². The minimum atomic E-state index is 1.30. The highest BCUT2D eigenvalue weighted by atomic mass is 32.2. The molecule has 0 spiro atoms. The van der Waals surface area contributed by atoms with Crippen LogP contribution in [0.1, 0.15) is 0 Å². The lowest BCUT2D eigenvalue weighted by molar-refractivity contribution is 1.60. The van der Waals surface area contributed by atoms with Crippen molar-refractivity contribution in [3.8, 4) is 0 Å². The Morgan fingerprint density at radius 3 is 1.83 bits per heavy atom. The summed E-state index contributed by atoms with van der Waals surface area (Å²) in [5, 5.41) is 10.7. The van der Waals surface area contributed by atoms with Gasteiger partial charge in [-0.3, -0.25) is 0 Å². The molecule has 0 aliphatic heterocycles. The molecule has 0 unspecified atom stereocenters. The van der Waals surface area contributed by atoms with E-state index in [1.54, 1.807) is 0 Å². The summed E-state index contributed by atoms with van der Waals surface area (Å²) in [5.74, 6) is 0. The average molecular weight is 324 g/mol. The Labute approximate surface area is 145 Å². The molecule has 114 valence electrons. The lowest BCUT2D eigenvalue weighted by atomic mass is 9.93. The molecule has 1 heteroatoms. The van der Waals surface area contributed by atoms with Gasteiger partial charge in [0.15, 0.2) is 0 Å². The lowest BCUT2D eigenvalue weighted by Gasteiger charge is -2.14. The fourth-order valence-corrected chi connectivity index (χ4v) is 4.46. The summed E-state index contributed by atoms with van der Waals surface area (Å²) >= 11 is 1.83. The van der Waals surface area contributed by atoms with Crippen LogP contribution in [0.15, 0.2) is 83.8 Å². The summed E-state index contributed by atoms with van der Waals surface area (Å²) in [6.07, 6.45) is 2.16.